The molecule has 1 heterocycles. The molecule has 26 heavy (non-hydrogen) atoms. The van der Waals surface area contributed by atoms with E-state index in [4.69, 9.17) is 16.3 Å². The van der Waals surface area contributed by atoms with Gasteiger partial charge in [0, 0.05) is 14.1 Å². The molecule has 0 bridgehead atoms. The SMILES string of the molecule is CN(CCOc1ccc(F)cc1)C(=O)CN(C)S(=O)(=O)c1ccc(Cl)s1. The number of nitrogens with zero attached hydrogens (tertiary/aromatic N) is 2. The number of rotatable bonds is 8. The number of carbonyl (C=O) groups is 1. The maximum Gasteiger partial charge on any atom is 0.252 e. The molecule has 0 spiro atoms. The Morgan fingerprint density at radius 2 is 1.85 bits per heavy atom. The molecule has 1 amide bonds. The number of benzene rings is 1. The van der Waals surface area contributed by atoms with Crippen LogP contribution in [-0.4, -0.2) is 57.3 Å². The number of amides is 1. The Labute approximate surface area is 160 Å². The third-order valence-corrected chi connectivity index (χ3v) is 7.01. The van der Waals surface area contributed by atoms with Crippen molar-refractivity contribution in [2.24, 2.45) is 0 Å². The van der Waals surface area contributed by atoms with Crippen LogP contribution in [0.3, 0.4) is 0 Å². The van der Waals surface area contributed by atoms with Gasteiger partial charge >= 0.3 is 0 Å². The first-order valence-corrected chi connectivity index (χ1v) is 10.2. The van der Waals surface area contributed by atoms with Gasteiger partial charge in [0.05, 0.1) is 17.4 Å². The first-order valence-electron chi connectivity index (χ1n) is 7.54. The van der Waals surface area contributed by atoms with Crippen LogP contribution in [0.15, 0.2) is 40.6 Å². The Bertz CT molecular complexity index is 855. The summed E-state index contributed by atoms with van der Waals surface area (Å²) < 4.78 is 44.4. The predicted molar refractivity (Wildman–Crippen MR) is 98.7 cm³/mol. The lowest BCUT2D eigenvalue weighted by Crippen LogP contribution is -2.40. The Morgan fingerprint density at radius 1 is 1.19 bits per heavy atom. The molecule has 0 saturated heterocycles. The van der Waals surface area contributed by atoms with E-state index in [9.17, 15) is 17.6 Å². The van der Waals surface area contributed by atoms with Crippen molar-refractivity contribution >= 4 is 38.9 Å². The molecule has 0 aliphatic carbocycles. The van der Waals surface area contributed by atoms with Crippen LogP contribution < -0.4 is 4.74 Å². The highest BCUT2D eigenvalue weighted by Crippen LogP contribution is 2.27. The van der Waals surface area contributed by atoms with Gasteiger partial charge in [0.25, 0.3) is 10.0 Å². The fourth-order valence-electron chi connectivity index (χ4n) is 1.94. The highest BCUT2D eigenvalue weighted by Gasteiger charge is 2.25. The zero-order chi connectivity index (χ0) is 19.3. The minimum atomic E-state index is -3.76. The van der Waals surface area contributed by atoms with Crippen LogP contribution in [0.1, 0.15) is 0 Å². The molecule has 0 aliphatic rings. The largest absolute Gasteiger partial charge is 0.492 e. The van der Waals surface area contributed by atoms with Gasteiger partial charge in [0.15, 0.2) is 0 Å². The van der Waals surface area contributed by atoms with E-state index in [1.165, 1.54) is 48.3 Å². The lowest BCUT2D eigenvalue weighted by Gasteiger charge is -2.21. The average Bonchev–Trinajstić information content (AvgIpc) is 3.03. The molecular formula is C16H18ClFN2O4S2. The summed E-state index contributed by atoms with van der Waals surface area (Å²) in [7, 11) is -0.870. The van der Waals surface area contributed by atoms with Crippen LogP contribution in [0.4, 0.5) is 4.39 Å². The molecule has 0 saturated carbocycles. The van der Waals surface area contributed by atoms with E-state index in [1.54, 1.807) is 7.05 Å². The van der Waals surface area contributed by atoms with Crippen LogP contribution in [0, 0.1) is 5.82 Å². The summed E-state index contributed by atoms with van der Waals surface area (Å²) in [5.74, 6) is -0.246. The smallest absolute Gasteiger partial charge is 0.252 e. The van der Waals surface area contributed by atoms with Gasteiger partial charge in [0.1, 0.15) is 22.4 Å². The predicted octanol–water partition coefficient (Wildman–Crippen LogP) is 2.70. The minimum absolute atomic E-state index is 0.0834. The lowest BCUT2D eigenvalue weighted by atomic mass is 10.3. The van der Waals surface area contributed by atoms with Crippen molar-refractivity contribution in [3.8, 4) is 5.75 Å². The molecule has 142 valence electrons. The van der Waals surface area contributed by atoms with E-state index in [2.05, 4.69) is 0 Å². The number of carbonyl (C=O) groups excluding carboxylic acids is 1. The minimum Gasteiger partial charge on any atom is -0.492 e. The molecule has 10 heteroatoms. The fourth-order valence-corrected chi connectivity index (χ4v) is 4.76. The van der Waals surface area contributed by atoms with Crippen LogP contribution in [-0.2, 0) is 14.8 Å². The highest BCUT2D eigenvalue weighted by molar-refractivity contribution is 7.91. The monoisotopic (exact) mass is 420 g/mol. The standard InChI is InChI=1S/C16H18ClFN2O4S2/c1-19(9-10-24-13-5-3-12(18)4-6-13)15(21)11-20(2)26(22,23)16-8-7-14(17)25-16/h3-8H,9-11H2,1-2H3. The van der Waals surface area contributed by atoms with Crippen molar-refractivity contribution in [3.63, 3.8) is 0 Å². The van der Waals surface area contributed by atoms with Gasteiger partial charge in [-0.15, -0.1) is 11.3 Å². The van der Waals surface area contributed by atoms with Crippen molar-refractivity contribution in [2.75, 3.05) is 33.8 Å². The van der Waals surface area contributed by atoms with Gasteiger partial charge in [-0.3, -0.25) is 4.79 Å². The molecule has 0 aliphatic heterocycles. The zero-order valence-electron chi connectivity index (χ0n) is 14.2. The van der Waals surface area contributed by atoms with Crippen molar-refractivity contribution in [1.29, 1.82) is 0 Å². The van der Waals surface area contributed by atoms with Crippen molar-refractivity contribution < 1.29 is 22.3 Å². The van der Waals surface area contributed by atoms with Crippen LogP contribution in [0.2, 0.25) is 4.34 Å². The maximum atomic E-state index is 12.8. The quantitative estimate of drug-likeness (QED) is 0.658. The summed E-state index contributed by atoms with van der Waals surface area (Å²) in [6, 6.07) is 8.44. The molecule has 1 aromatic carbocycles. The van der Waals surface area contributed by atoms with Crippen LogP contribution in [0.25, 0.3) is 0 Å². The topological polar surface area (TPSA) is 66.9 Å². The third-order valence-electron chi connectivity index (χ3n) is 3.51. The van der Waals surface area contributed by atoms with Gasteiger partial charge < -0.3 is 9.64 Å². The Morgan fingerprint density at radius 3 is 2.42 bits per heavy atom. The second kappa shape index (κ2) is 8.81. The van der Waals surface area contributed by atoms with E-state index >= 15 is 0 Å². The third kappa shape index (κ3) is 5.41. The Hall–Kier alpha value is -1.68. The molecule has 1 aromatic heterocycles. The van der Waals surface area contributed by atoms with E-state index in [0.29, 0.717) is 10.1 Å². The molecule has 0 N–H and O–H groups in total. The zero-order valence-corrected chi connectivity index (χ0v) is 16.6. The molecule has 6 nitrogen and oxygen atoms in total. The number of halogens is 2. The second-order valence-corrected chi connectivity index (χ2v) is 9.42. The van der Waals surface area contributed by atoms with Gasteiger partial charge in [-0.2, -0.15) is 4.31 Å². The Balaban J connectivity index is 1.85. The highest BCUT2D eigenvalue weighted by atomic mass is 35.5. The first kappa shape index (κ1) is 20.6. The lowest BCUT2D eigenvalue weighted by molar-refractivity contribution is -0.130. The van der Waals surface area contributed by atoms with E-state index in [0.717, 1.165) is 15.6 Å². The van der Waals surface area contributed by atoms with Gasteiger partial charge in [-0.1, -0.05) is 11.6 Å². The summed E-state index contributed by atoms with van der Waals surface area (Å²) >= 11 is 6.70. The van der Waals surface area contributed by atoms with Crippen molar-refractivity contribution in [3.05, 3.63) is 46.6 Å². The van der Waals surface area contributed by atoms with Crippen LogP contribution >= 0.6 is 22.9 Å². The summed E-state index contributed by atoms with van der Waals surface area (Å²) in [5, 5.41) is 0. The number of hydrogen-bond acceptors (Lipinski definition) is 5. The normalized spacial score (nSPS) is 11.6. The van der Waals surface area contributed by atoms with Gasteiger partial charge in [0.2, 0.25) is 5.91 Å². The van der Waals surface area contributed by atoms with Crippen LogP contribution in [0.5, 0.6) is 5.75 Å². The average molecular weight is 421 g/mol. The number of ether oxygens (including phenoxy) is 1. The molecule has 2 aromatic rings. The molecule has 0 unspecified atom stereocenters. The molecule has 0 atom stereocenters. The fraction of sp³-hybridized carbons (Fsp3) is 0.312. The maximum absolute atomic E-state index is 12.8. The van der Waals surface area contributed by atoms with Gasteiger partial charge in [-0.05, 0) is 36.4 Å². The number of hydrogen-bond donors (Lipinski definition) is 0. The molecule has 0 fully saturated rings. The van der Waals surface area contributed by atoms with E-state index < -0.39 is 10.0 Å². The molecule has 0 radical (unpaired) electrons. The van der Waals surface area contributed by atoms with Crippen molar-refractivity contribution in [1.82, 2.24) is 9.21 Å². The van der Waals surface area contributed by atoms with Crippen molar-refractivity contribution in [2.45, 2.75) is 4.21 Å². The summed E-state index contributed by atoms with van der Waals surface area (Å²) in [5.41, 5.74) is 0. The molecule has 2 rings (SSSR count). The second-order valence-electron chi connectivity index (χ2n) is 5.44. The number of sulfonamides is 1. The van der Waals surface area contributed by atoms with E-state index in [1.807, 2.05) is 0 Å². The molecular weight excluding hydrogens is 403 g/mol. The summed E-state index contributed by atoms with van der Waals surface area (Å²) in [6.07, 6.45) is 0. The van der Waals surface area contributed by atoms with Gasteiger partial charge in [-0.25, -0.2) is 12.8 Å². The Kier molecular flexibility index (Phi) is 6.99. The summed E-state index contributed by atoms with van der Waals surface area (Å²) in [4.78, 5) is 13.6. The van der Waals surface area contributed by atoms with E-state index in [-0.39, 0.29) is 35.6 Å². The number of likely N-dealkylation sites (N-methyl/N-ethyl adjacent to an activating group) is 2. The summed E-state index contributed by atoms with van der Waals surface area (Å²) in [6.45, 7) is 0.157. The first-order chi connectivity index (χ1) is 12.2. The number of thiophene rings is 1.